The predicted octanol–water partition coefficient (Wildman–Crippen LogP) is 3.29. The smallest absolute Gasteiger partial charge is 0.0596 e. The Morgan fingerprint density at radius 2 is 1.83 bits per heavy atom. The van der Waals surface area contributed by atoms with Gasteiger partial charge < -0.3 is 9.64 Å². The zero-order valence-corrected chi connectivity index (χ0v) is 11.6. The van der Waals surface area contributed by atoms with Gasteiger partial charge in [0.05, 0.1) is 12.7 Å². The van der Waals surface area contributed by atoms with E-state index in [0.29, 0.717) is 6.10 Å². The number of ether oxygens (including phenoxy) is 1. The first-order chi connectivity index (χ1) is 8.75. The molecule has 100 valence electrons. The van der Waals surface area contributed by atoms with Crippen LogP contribution >= 0.6 is 0 Å². The van der Waals surface area contributed by atoms with Gasteiger partial charge in [-0.05, 0) is 51.3 Å². The van der Waals surface area contributed by atoms with Crippen LogP contribution in [0.5, 0.6) is 0 Å². The Labute approximate surface area is 111 Å². The van der Waals surface area contributed by atoms with E-state index < -0.39 is 0 Å². The lowest BCUT2D eigenvalue weighted by Crippen LogP contribution is -2.35. The van der Waals surface area contributed by atoms with Gasteiger partial charge in [-0.3, -0.25) is 0 Å². The third-order valence-electron chi connectivity index (χ3n) is 3.72. The molecule has 0 amide bonds. The van der Waals surface area contributed by atoms with Crippen molar-refractivity contribution in [2.45, 2.75) is 38.7 Å². The van der Waals surface area contributed by atoms with Gasteiger partial charge in [0, 0.05) is 6.54 Å². The molecule has 0 atom stereocenters. The first-order valence-corrected chi connectivity index (χ1v) is 7.14. The molecule has 0 spiro atoms. The second-order valence-electron chi connectivity index (χ2n) is 5.45. The van der Waals surface area contributed by atoms with Crippen molar-refractivity contribution in [3.63, 3.8) is 0 Å². The maximum atomic E-state index is 5.61. The number of nitrogens with zero attached hydrogens (tertiary/aromatic N) is 1. The third-order valence-corrected chi connectivity index (χ3v) is 3.72. The number of rotatable bonds is 5. The molecule has 1 fully saturated rings. The van der Waals surface area contributed by atoms with Gasteiger partial charge in [-0.15, -0.1) is 0 Å². The number of hydrogen-bond acceptors (Lipinski definition) is 2. The van der Waals surface area contributed by atoms with Crippen molar-refractivity contribution >= 4 is 0 Å². The number of benzene rings is 1. The van der Waals surface area contributed by atoms with Crippen LogP contribution in [0.15, 0.2) is 30.3 Å². The molecule has 1 aromatic rings. The molecule has 0 unspecified atom stereocenters. The van der Waals surface area contributed by atoms with Gasteiger partial charge in [0.15, 0.2) is 0 Å². The fourth-order valence-corrected chi connectivity index (χ4v) is 2.63. The maximum absolute atomic E-state index is 5.61. The molecule has 2 nitrogen and oxygen atoms in total. The van der Waals surface area contributed by atoms with Gasteiger partial charge in [-0.25, -0.2) is 0 Å². The molecular weight excluding hydrogens is 222 g/mol. The second-order valence-corrected chi connectivity index (χ2v) is 5.45. The zero-order valence-electron chi connectivity index (χ0n) is 11.6. The van der Waals surface area contributed by atoms with Crippen molar-refractivity contribution in [3.8, 4) is 0 Å². The molecule has 1 aliphatic rings. The van der Waals surface area contributed by atoms with Gasteiger partial charge in [-0.1, -0.05) is 30.3 Å². The summed E-state index contributed by atoms with van der Waals surface area (Å²) in [5.74, 6) is 0.758. The van der Waals surface area contributed by atoms with E-state index in [1.165, 1.54) is 31.5 Å². The summed E-state index contributed by atoms with van der Waals surface area (Å²) in [7, 11) is 0. The minimum Gasteiger partial charge on any atom is -0.377 e. The van der Waals surface area contributed by atoms with Crippen LogP contribution in [0.2, 0.25) is 0 Å². The van der Waals surface area contributed by atoms with Crippen molar-refractivity contribution in [1.82, 2.24) is 4.90 Å². The van der Waals surface area contributed by atoms with Gasteiger partial charge in [-0.2, -0.15) is 0 Å². The molecular formula is C16H25NO. The lowest BCUT2D eigenvalue weighted by Gasteiger charge is -2.32. The lowest BCUT2D eigenvalue weighted by atomic mass is 9.89. The monoisotopic (exact) mass is 247 g/mol. The molecule has 0 aliphatic carbocycles. The molecule has 1 saturated heterocycles. The summed E-state index contributed by atoms with van der Waals surface area (Å²) in [6.45, 7) is 8.57. The van der Waals surface area contributed by atoms with Crippen LogP contribution in [0.25, 0.3) is 0 Å². The molecule has 0 N–H and O–H groups in total. The largest absolute Gasteiger partial charge is 0.377 e. The lowest BCUT2D eigenvalue weighted by molar-refractivity contribution is 0.0536. The summed E-state index contributed by atoms with van der Waals surface area (Å²) >= 11 is 0. The molecule has 1 aromatic carbocycles. The standard InChI is InChI=1S/C16H25NO/c1-14(2)18-13-12-17-10-8-16(9-11-17)15-6-4-3-5-7-15/h3-7,14,16H,8-13H2,1-2H3. The normalized spacial score (nSPS) is 18.4. The first-order valence-electron chi connectivity index (χ1n) is 7.14. The number of piperidine rings is 1. The molecule has 0 radical (unpaired) electrons. The molecule has 0 saturated carbocycles. The Bertz CT molecular complexity index is 328. The minimum atomic E-state index is 0.354. The topological polar surface area (TPSA) is 12.5 Å². The highest BCUT2D eigenvalue weighted by atomic mass is 16.5. The first kappa shape index (κ1) is 13.6. The van der Waals surface area contributed by atoms with Crippen LogP contribution in [-0.4, -0.2) is 37.2 Å². The van der Waals surface area contributed by atoms with E-state index in [1.807, 2.05) is 0 Å². The molecule has 18 heavy (non-hydrogen) atoms. The number of likely N-dealkylation sites (tertiary alicyclic amines) is 1. The average molecular weight is 247 g/mol. The molecule has 0 aromatic heterocycles. The zero-order chi connectivity index (χ0) is 12.8. The Balaban J connectivity index is 1.71. The summed E-state index contributed by atoms with van der Waals surface area (Å²) in [6.07, 6.45) is 2.92. The molecule has 2 heteroatoms. The summed E-state index contributed by atoms with van der Waals surface area (Å²) in [6, 6.07) is 10.9. The third kappa shape index (κ3) is 4.11. The van der Waals surface area contributed by atoms with Crippen molar-refractivity contribution < 1.29 is 4.74 Å². The van der Waals surface area contributed by atoms with E-state index in [1.54, 1.807) is 0 Å². The van der Waals surface area contributed by atoms with Crippen LogP contribution in [0.4, 0.5) is 0 Å². The molecule has 0 bridgehead atoms. The van der Waals surface area contributed by atoms with Crippen molar-refractivity contribution in [2.75, 3.05) is 26.2 Å². The van der Waals surface area contributed by atoms with Crippen LogP contribution in [0.3, 0.4) is 0 Å². The Kier molecular flexibility index (Phi) is 5.21. The van der Waals surface area contributed by atoms with E-state index in [9.17, 15) is 0 Å². The van der Waals surface area contributed by atoms with Crippen LogP contribution < -0.4 is 0 Å². The van der Waals surface area contributed by atoms with Gasteiger partial charge in [0.2, 0.25) is 0 Å². The Morgan fingerprint density at radius 1 is 1.17 bits per heavy atom. The number of hydrogen-bond donors (Lipinski definition) is 0. The fourth-order valence-electron chi connectivity index (χ4n) is 2.63. The van der Waals surface area contributed by atoms with E-state index in [4.69, 9.17) is 4.74 Å². The SMILES string of the molecule is CC(C)OCCN1CCC(c2ccccc2)CC1. The highest BCUT2D eigenvalue weighted by molar-refractivity contribution is 5.19. The maximum Gasteiger partial charge on any atom is 0.0596 e. The highest BCUT2D eigenvalue weighted by Crippen LogP contribution is 2.27. The van der Waals surface area contributed by atoms with E-state index >= 15 is 0 Å². The van der Waals surface area contributed by atoms with E-state index in [-0.39, 0.29) is 0 Å². The van der Waals surface area contributed by atoms with E-state index in [0.717, 1.165) is 19.1 Å². The summed E-state index contributed by atoms with van der Waals surface area (Å²) in [4.78, 5) is 2.53. The predicted molar refractivity (Wildman–Crippen MR) is 75.9 cm³/mol. The van der Waals surface area contributed by atoms with Crippen molar-refractivity contribution in [2.24, 2.45) is 0 Å². The van der Waals surface area contributed by atoms with Crippen molar-refractivity contribution in [3.05, 3.63) is 35.9 Å². The molecule has 2 rings (SSSR count). The molecule has 1 heterocycles. The van der Waals surface area contributed by atoms with Crippen LogP contribution in [0.1, 0.15) is 38.2 Å². The van der Waals surface area contributed by atoms with Crippen molar-refractivity contribution in [1.29, 1.82) is 0 Å². The summed E-state index contributed by atoms with van der Waals surface area (Å²) in [5, 5.41) is 0. The Morgan fingerprint density at radius 3 is 2.44 bits per heavy atom. The Hall–Kier alpha value is -0.860. The molecule has 1 aliphatic heterocycles. The second kappa shape index (κ2) is 6.91. The van der Waals surface area contributed by atoms with E-state index in [2.05, 4.69) is 49.1 Å². The fraction of sp³-hybridized carbons (Fsp3) is 0.625. The van der Waals surface area contributed by atoms with Gasteiger partial charge in [0.25, 0.3) is 0 Å². The van der Waals surface area contributed by atoms with Gasteiger partial charge >= 0.3 is 0 Å². The van der Waals surface area contributed by atoms with Crippen LogP contribution in [-0.2, 0) is 4.74 Å². The summed E-state index contributed by atoms with van der Waals surface area (Å²) in [5.41, 5.74) is 1.51. The summed E-state index contributed by atoms with van der Waals surface area (Å²) < 4.78 is 5.61. The average Bonchev–Trinajstić information content (AvgIpc) is 2.40. The van der Waals surface area contributed by atoms with Gasteiger partial charge in [0.1, 0.15) is 0 Å². The highest BCUT2D eigenvalue weighted by Gasteiger charge is 2.19. The van der Waals surface area contributed by atoms with Crippen LogP contribution in [0, 0.1) is 0 Å². The minimum absolute atomic E-state index is 0.354. The quantitative estimate of drug-likeness (QED) is 0.791.